The monoisotopic (exact) mass is 515 g/mol. The maximum atomic E-state index is 10.4. The van der Waals surface area contributed by atoms with E-state index in [1.807, 2.05) is 51.5 Å². The van der Waals surface area contributed by atoms with E-state index >= 15 is 0 Å². The number of rotatable bonds is 8. The van der Waals surface area contributed by atoms with Gasteiger partial charge in [-0.15, -0.1) is 0 Å². The maximum absolute atomic E-state index is 10.4. The SMILES string of the molecule is CC(O)CO.CN1CC(=O)NC1=N.C[N+](C)(C)CC(O)CC(=O)[O-].NC(Cc1ccccc1)C(=O)O. The van der Waals surface area contributed by atoms with Crippen molar-refractivity contribution >= 4 is 23.8 Å². The molecule has 0 aromatic heterocycles. The third kappa shape index (κ3) is 21.4. The molecule has 1 aromatic rings. The van der Waals surface area contributed by atoms with Crippen molar-refractivity contribution in [2.45, 2.75) is 38.0 Å². The minimum atomic E-state index is -1.20. The number of nitrogens with zero attached hydrogens (tertiary/aromatic N) is 2. The van der Waals surface area contributed by atoms with Crippen LogP contribution in [0.1, 0.15) is 18.9 Å². The first-order valence-corrected chi connectivity index (χ1v) is 11.1. The quantitative estimate of drug-likeness (QED) is 0.176. The first kappa shape index (κ1) is 35.1. The van der Waals surface area contributed by atoms with Crippen LogP contribution >= 0.6 is 0 Å². The molecule has 2 rings (SSSR count). The Bertz CT molecular complexity index is 799. The van der Waals surface area contributed by atoms with Crippen molar-refractivity contribution in [1.29, 1.82) is 5.41 Å². The second kappa shape index (κ2) is 18.2. The number of nitrogens with two attached hydrogens (primary N) is 1. The summed E-state index contributed by atoms with van der Waals surface area (Å²) >= 11 is 0. The van der Waals surface area contributed by atoms with Gasteiger partial charge in [0, 0.05) is 19.4 Å². The minimum Gasteiger partial charge on any atom is -0.550 e. The van der Waals surface area contributed by atoms with Crippen molar-refractivity contribution < 1.29 is 44.4 Å². The van der Waals surface area contributed by atoms with Crippen LogP contribution in [0.2, 0.25) is 0 Å². The minimum absolute atomic E-state index is 0.0995. The summed E-state index contributed by atoms with van der Waals surface area (Å²) in [6, 6.07) is 8.54. The summed E-state index contributed by atoms with van der Waals surface area (Å²) in [4.78, 5) is 32.3. The molecule has 0 radical (unpaired) electrons. The first-order valence-electron chi connectivity index (χ1n) is 11.1. The number of aliphatic carboxylic acids is 2. The Labute approximate surface area is 211 Å². The predicted molar refractivity (Wildman–Crippen MR) is 132 cm³/mol. The Morgan fingerprint density at radius 3 is 2.00 bits per heavy atom. The number of amides is 1. The van der Waals surface area contributed by atoms with Crippen LogP contribution in [0.5, 0.6) is 0 Å². The van der Waals surface area contributed by atoms with Crippen LogP contribution in [-0.2, 0) is 20.8 Å². The lowest BCUT2D eigenvalue weighted by atomic mass is 10.1. The number of nitrogens with one attached hydrogen (secondary N) is 2. The molecule has 0 bridgehead atoms. The Kier molecular flexibility index (Phi) is 17.7. The van der Waals surface area contributed by atoms with Gasteiger partial charge in [-0.2, -0.15) is 0 Å². The molecule has 0 spiro atoms. The van der Waals surface area contributed by atoms with Gasteiger partial charge in [0.25, 0.3) is 0 Å². The highest BCUT2D eigenvalue weighted by Crippen LogP contribution is 2.01. The highest BCUT2D eigenvalue weighted by atomic mass is 16.4. The molecule has 36 heavy (non-hydrogen) atoms. The zero-order valence-corrected chi connectivity index (χ0v) is 21.5. The van der Waals surface area contributed by atoms with Crippen LogP contribution in [0, 0.1) is 5.41 Å². The van der Waals surface area contributed by atoms with Crippen molar-refractivity contribution in [2.75, 3.05) is 47.9 Å². The number of aliphatic hydroxyl groups excluding tert-OH is 3. The number of carboxylic acids is 2. The van der Waals surface area contributed by atoms with E-state index in [9.17, 15) is 19.5 Å². The van der Waals surface area contributed by atoms with Crippen molar-refractivity contribution in [3.63, 3.8) is 0 Å². The molecule has 13 nitrogen and oxygen atoms in total. The lowest BCUT2D eigenvalue weighted by Gasteiger charge is -2.26. The molecule has 3 unspecified atom stereocenters. The molecule has 1 aliphatic heterocycles. The van der Waals surface area contributed by atoms with E-state index in [2.05, 4.69) is 5.32 Å². The molecule has 1 amide bonds. The van der Waals surface area contributed by atoms with Gasteiger partial charge in [0.15, 0.2) is 5.96 Å². The smallest absolute Gasteiger partial charge is 0.320 e. The largest absolute Gasteiger partial charge is 0.550 e. The number of carbonyl (C=O) groups excluding carboxylic acids is 2. The molecule has 1 fully saturated rings. The van der Waals surface area contributed by atoms with Gasteiger partial charge in [0.05, 0.1) is 40.4 Å². The summed E-state index contributed by atoms with van der Waals surface area (Å²) in [7, 11) is 7.36. The average molecular weight is 516 g/mol. The van der Waals surface area contributed by atoms with Gasteiger partial charge >= 0.3 is 5.97 Å². The summed E-state index contributed by atoms with van der Waals surface area (Å²) in [5, 5.41) is 53.0. The fraction of sp³-hybridized carbons (Fsp3) is 0.565. The molecular formula is C23H41N5O8. The maximum Gasteiger partial charge on any atom is 0.320 e. The summed E-state index contributed by atoms with van der Waals surface area (Å²) < 4.78 is 0.550. The molecule has 1 aliphatic rings. The molecule has 13 heteroatoms. The van der Waals surface area contributed by atoms with Crippen LogP contribution in [0.25, 0.3) is 0 Å². The standard InChI is InChI=1S/C9H11NO2.C7H15NO3.C4H7N3O.C3H8O2/c10-8(9(11)12)6-7-4-2-1-3-5-7;1-8(2,3)5-6(9)4-7(10)11;1-7-2-3(8)6-4(7)5;1-3(5)2-4/h1-5,8H,6,10H2,(H,11,12);6,9H,4-5H2,1-3H3;2H2,1H3,(H2,5,6,8);3-5H,2H2,1H3. The van der Waals surface area contributed by atoms with E-state index < -0.39 is 30.2 Å². The van der Waals surface area contributed by atoms with Gasteiger partial charge in [0.1, 0.15) is 18.7 Å². The number of guanidine groups is 1. The topological polar surface area (TPSA) is 220 Å². The highest BCUT2D eigenvalue weighted by molar-refractivity contribution is 6.02. The molecule has 206 valence electrons. The second-order valence-electron chi connectivity index (χ2n) is 9.12. The number of carboxylic acid groups (broad SMARTS) is 2. The molecule has 8 N–H and O–H groups in total. The van der Waals surface area contributed by atoms with Crippen molar-refractivity contribution in [1.82, 2.24) is 10.2 Å². The summed E-state index contributed by atoms with van der Waals surface area (Å²) in [6.07, 6.45) is -1.26. The third-order valence-corrected chi connectivity index (χ3v) is 4.06. The molecule has 1 heterocycles. The molecule has 3 atom stereocenters. The van der Waals surface area contributed by atoms with E-state index in [0.29, 0.717) is 24.0 Å². The predicted octanol–water partition coefficient (Wildman–Crippen LogP) is -2.82. The second-order valence-corrected chi connectivity index (χ2v) is 9.12. The summed E-state index contributed by atoms with van der Waals surface area (Å²) in [6.45, 7) is 2.13. The fourth-order valence-corrected chi connectivity index (χ4v) is 2.41. The number of carbonyl (C=O) groups is 3. The third-order valence-electron chi connectivity index (χ3n) is 4.06. The van der Waals surface area contributed by atoms with Gasteiger partial charge in [-0.3, -0.25) is 20.3 Å². The Balaban J connectivity index is 0. The summed E-state index contributed by atoms with van der Waals surface area (Å²) in [5.74, 6) is -2.07. The highest BCUT2D eigenvalue weighted by Gasteiger charge is 2.18. The molecule has 1 aromatic carbocycles. The number of hydrogen-bond acceptors (Lipinski definition) is 9. The normalized spacial score (nSPS) is 15.0. The van der Waals surface area contributed by atoms with Crippen LogP contribution in [0.3, 0.4) is 0 Å². The van der Waals surface area contributed by atoms with Crippen LogP contribution < -0.4 is 16.2 Å². The lowest BCUT2D eigenvalue weighted by Crippen LogP contribution is -2.43. The Morgan fingerprint density at radius 1 is 1.22 bits per heavy atom. The van der Waals surface area contributed by atoms with E-state index in [1.54, 1.807) is 11.9 Å². The number of quaternary nitrogens is 1. The van der Waals surface area contributed by atoms with Gasteiger partial charge in [-0.05, 0) is 18.9 Å². The summed E-state index contributed by atoms with van der Waals surface area (Å²) in [5.41, 5.74) is 6.30. The van der Waals surface area contributed by atoms with E-state index in [4.69, 9.17) is 31.6 Å². The first-order chi connectivity index (χ1) is 16.5. The average Bonchev–Trinajstić information content (AvgIpc) is 3.03. The van der Waals surface area contributed by atoms with Crippen molar-refractivity contribution in [3.05, 3.63) is 35.9 Å². The van der Waals surface area contributed by atoms with Crippen LogP contribution in [-0.4, -0.2) is 120 Å². The lowest BCUT2D eigenvalue weighted by molar-refractivity contribution is -0.873. The number of aliphatic hydroxyl groups is 3. The van der Waals surface area contributed by atoms with Crippen molar-refractivity contribution in [2.24, 2.45) is 5.73 Å². The molecular weight excluding hydrogens is 474 g/mol. The van der Waals surface area contributed by atoms with E-state index in [-0.39, 0.29) is 24.9 Å². The van der Waals surface area contributed by atoms with Gasteiger partial charge in [0.2, 0.25) is 5.91 Å². The molecule has 0 aliphatic carbocycles. The fourth-order valence-electron chi connectivity index (χ4n) is 2.41. The van der Waals surface area contributed by atoms with E-state index in [1.165, 1.54) is 6.92 Å². The number of likely N-dealkylation sites (N-methyl/N-ethyl adjacent to an activating group) is 2. The van der Waals surface area contributed by atoms with Crippen LogP contribution in [0.15, 0.2) is 30.3 Å². The Hall–Kier alpha value is -3.10. The van der Waals surface area contributed by atoms with Gasteiger partial charge in [-0.1, -0.05) is 30.3 Å². The number of hydrogen-bond donors (Lipinski definition) is 7. The Morgan fingerprint density at radius 2 is 1.72 bits per heavy atom. The zero-order chi connectivity index (χ0) is 28.5. The number of benzene rings is 1. The van der Waals surface area contributed by atoms with Crippen LogP contribution in [0.4, 0.5) is 0 Å². The molecule has 1 saturated heterocycles. The molecule has 0 saturated carbocycles. The zero-order valence-electron chi connectivity index (χ0n) is 21.5. The van der Waals surface area contributed by atoms with Crippen molar-refractivity contribution in [3.8, 4) is 0 Å². The van der Waals surface area contributed by atoms with Gasteiger partial charge in [-0.25, -0.2) is 0 Å². The van der Waals surface area contributed by atoms with E-state index in [0.717, 1.165) is 5.56 Å². The van der Waals surface area contributed by atoms with Gasteiger partial charge < -0.3 is 45.4 Å².